The minimum Gasteiger partial charge on any atom is -0.496 e. The van der Waals surface area contributed by atoms with Crippen LogP contribution in [0.2, 0.25) is 0 Å². The van der Waals surface area contributed by atoms with Gasteiger partial charge in [-0.1, -0.05) is 54.1 Å². The SMILES string of the molecule is COc1ccc(C)cc1C[C@@H](Oc1cccc2ccccc12)C(=O)O. The molecular formula is C21H20O4. The number of aryl methyl sites for hydroxylation is 1. The fraction of sp³-hybridized carbons (Fsp3) is 0.190. The van der Waals surface area contributed by atoms with E-state index in [4.69, 9.17) is 9.47 Å². The summed E-state index contributed by atoms with van der Waals surface area (Å²) in [7, 11) is 1.58. The third-order valence-corrected chi connectivity index (χ3v) is 4.14. The Balaban J connectivity index is 1.92. The Morgan fingerprint density at radius 3 is 2.56 bits per heavy atom. The molecule has 0 amide bonds. The van der Waals surface area contributed by atoms with Crippen LogP contribution < -0.4 is 9.47 Å². The first-order valence-electron chi connectivity index (χ1n) is 8.09. The highest BCUT2D eigenvalue weighted by Gasteiger charge is 2.22. The number of aliphatic carboxylic acids is 1. The van der Waals surface area contributed by atoms with Gasteiger partial charge in [-0.25, -0.2) is 4.79 Å². The van der Waals surface area contributed by atoms with E-state index in [0.29, 0.717) is 11.5 Å². The van der Waals surface area contributed by atoms with Gasteiger partial charge in [-0.15, -0.1) is 0 Å². The third kappa shape index (κ3) is 3.74. The van der Waals surface area contributed by atoms with Crippen LogP contribution in [0.3, 0.4) is 0 Å². The number of ether oxygens (including phenoxy) is 2. The molecule has 3 aromatic carbocycles. The first kappa shape index (κ1) is 16.8. The normalized spacial score (nSPS) is 11.9. The summed E-state index contributed by atoms with van der Waals surface area (Å²) in [6.07, 6.45) is -0.773. The Bertz CT molecular complexity index is 896. The van der Waals surface area contributed by atoms with Gasteiger partial charge >= 0.3 is 5.97 Å². The second-order valence-corrected chi connectivity index (χ2v) is 5.94. The number of carboxylic acid groups (broad SMARTS) is 1. The standard InChI is InChI=1S/C21H20O4/c1-14-10-11-18(24-2)16(12-14)13-20(21(22)23)25-19-9-5-7-15-6-3-4-8-17(15)19/h3-12,20H,13H2,1-2H3,(H,22,23)/t20-/m1/s1. The lowest BCUT2D eigenvalue weighted by molar-refractivity contribution is -0.144. The molecule has 3 aromatic rings. The van der Waals surface area contributed by atoms with Crippen LogP contribution in [0, 0.1) is 6.92 Å². The quantitative estimate of drug-likeness (QED) is 0.732. The van der Waals surface area contributed by atoms with E-state index in [1.165, 1.54) is 0 Å². The average Bonchev–Trinajstić information content (AvgIpc) is 2.61. The largest absolute Gasteiger partial charge is 0.496 e. The number of carboxylic acids is 1. The van der Waals surface area contributed by atoms with Crippen LogP contribution in [-0.4, -0.2) is 24.3 Å². The van der Waals surface area contributed by atoms with E-state index in [-0.39, 0.29) is 6.42 Å². The predicted molar refractivity (Wildman–Crippen MR) is 97.4 cm³/mol. The van der Waals surface area contributed by atoms with Gasteiger partial charge in [-0.2, -0.15) is 0 Å². The molecule has 0 spiro atoms. The Hall–Kier alpha value is -3.01. The second kappa shape index (κ2) is 7.26. The predicted octanol–water partition coefficient (Wildman–Crippen LogP) is 4.23. The molecule has 0 aliphatic carbocycles. The molecule has 0 heterocycles. The Kier molecular flexibility index (Phi) is 4.89. The van der Waals surface area contributed by atoms with Gasteiger partial charge in [-0.05, 0) is 30.0 Å². The van der Waals surface area contributed by atoms with Crippen molar-refractivity contribution < 1.29 is 19.4 Å². The topological polar surface area (TPSA) is 55.8 Å². The number of carbonyl (C=O) groups is 1. The molecule has 3 rings (SSSR count). The Morgan fingerprint density at radius 2 is 1.80 bits per heavy atom. The van der Waals surface area contributed by atoms with Crippen molar-refractivity contribution in [3.8, 4) is 11.5 Å². The Labute approximate surface area is 146 Å². The van der Waals surface area contributed by atoms with Crippen molar-refractivity contribution in [2.75, 3.05) is 7.11 Å². The zero-order valence-corrected chi connectivity index (χ0v) is 14.2. The van der Waals surface area contributed by atoms with Gasteiger partial charge in [0, 0.05) is 11.8 Å². The average molecular weight is 336 g/mol. The summed E-state index contributed by atoms with van der Waals surface area (Å²) in [4.78, 5) is 11.8. The molecule has 4 nitrogen and oxygen atoms in total. The molecule has 0 radical (unpaired) electrons. The van der Waals surface area contributed by atoms with E-state index >= 15 is 0 Å². The van der Waals surface area contributed by atoms with E-state index < -0.39 is 12.1 Å². The van der Waals surface area contributed by atoms with E-state index in [9.17, 15) is 9.90 Å². The molecule has 0 fully saturated rings. The van der Waals surface area contributed by atoms with Crippen molar-refractivity contribution in [1.82, 2.24) is 0 Å². The number of hydrogen-bond donors (Lipinski definition) is 1. The number of benzene rings is 3. The summed E-state index contributed by atoms with van der Waals surface area (Å²) >= 11 is 0. The number of hydrogen-bond acceptors (Lipinski definition) is 3. The second-order valence-electron chi connectivity index (χ2n) is 5.94. The summed E-state index contributed by atoms with van der Waals surface area (Å²) in [5.41, 5.74) is 1.86. The van der Waals surface area contributed by atoms with E-state index in [1.807, 2.05) is 61.5 Å². The van der Waals surface area contributed by atoms with Crippen LogP contribution in [0.15, 0.2) is 60.7 Å². The monoisotopic (exact) mass is 336 g/mol. The maximum atomic E-state index is 11.8. The fourth-order valence-electron chi connectivity index (χ4n) is 2.90. The van der Waals surface area contributed by atoms with Crippen LogP contribution in [0.1, 0.15) is 11.1 Å². The summed E-state index contributed by atoms with van der Waals surface area (Å²) < 4.78 is 11.2. The van der Waals surface area contributed by atoms with E-state index in [1.54, 1.807) is 13.2 Å². The molecule has 0 unspecified atom stereocenters. The van der Waals surface area contributed by atoms with Gasteiger partial charge in [0.25, 0.3) is 0 Å². The summed E-state index contributed by atoms with van der Waals surface area (Å²) in [5.74, 6) is 0.229. The maximum Gasteiger partial charge on any atom is 0.345 e. The highest BCUT2D eigenvalue weighted by Crippen LogP contribution is 2.28. The molecule has 1 atom stereocenters. The summed E-state index contributed by atoms with van der Waals surface area (Å²) in [5, 5.41) is 11.5. The highest BCUT2D eigenvalue weighted by atomic mass is 16.5. The third-order valence-electron chi connectivity index (χ3n) is 4.14. The van der Waals surface area contributed by atoms with Crippen LogP contribution in [-0.2, 0) is 11.2 Å². The molecule has 0 saturated carbocycles. The zero-order chi connectivity index (χ0) is 17.8. The maximum absolute atomic E-state index is 11.8. The molecule has 0 bridgehead atoms. The van der Waals surface area contributed by atoms with Gasteiger partial charge in [-0.3, -0.25) is 0 Å². The summed E-state index contributed by atoms with van der Waals surface area (Å²) in [6.45, 7) is 1.96. The van der Waals surface area contributed by atoms with E-state index in [2.05, 4.69) is 0 Å². The molecule has 0 saturated heterocycles. The number of methoxy groups -OCH3 is 1. The lowest BCUT2D eigenvalue weighted by atomic mass is 10.0. The first-order valence-corrected chi connectivity index (χ1v) is 8.09. The molecule has 4 heteroatoms. The van der Waals surface area contributed by atoms with Crippen LogP contribution in [0.5, 0.6) is 11.5 Å². The van der Waals surface area contributed by atoms with Gasteiger partial charge < -0.3 is 14.6 Å². The van der Waals surface area contributed by atoms with Crippen molar-refractivity contribution in [2.45, 2.75) is 19.4 Å². The van der Waals surface area contributed by atoms with Crippen LogP contribution in [0.25, 0.3) is 10.8 Å². The first-order chi connectivity index (χ1) is 12.1. The minimum atomic E-state index is -1.00. The summed E-state index contributed by atoms with van der Waals surface area (Å²) in [6, 6.07) is 19.1. The van der Waals surface area contributed by atoms with Gasteiger partial charge in [0.05, 0.1) is 7.11 Å². The number of fused-ring (bicyclic) bond motifs is 1. The lowest BCUT2D eigenvalue weighted by Crippen LogP contribution is -2.29. The van der Waals surface area contributed by atoms with Crippen molar-refractivity contribution in [3.63, 3.8) is 0 Å². The van der Waals surface area contributed by atoms with Crippen molar-refractivity contribution in [1.29, 1.82) is 0 Å². The zero-order valence-electron chi connectivity index (χ0n) is 14.2. The Morgan fingerprint density at radius 1 is 1.04 bits per heavy atom. The van der Waals surface area contributed by atoms with E-state index in [0.717, 1.165) is 21.9 Å². The number of rotatable bonds is 6. The smallest absolute Gasteiger partial charge is 0.345 e. The highest BCUT2D eigenvalue weighted by molar-refractivity contribution is 5.88. The molecule has 25 heavy (non-hydrogen) atoms. The molecule has 128 valence electrons. The lowest BCUT2D eigenvalue weighted by Gasteiger charge is -2.18. The van der Waals surface area contributed by atoms with Crippen LogP contribution in [0.4, 0.5) is 0 Å². The molecule has 0 aliphatic rings. The molecule has 1 N–H and O–H groups in total. The van der Waals surface area contributed by atoms with Crippen LogP contribution >= 0.6 is 0 Å². The van der Waals surface area contributed by atoms with Gasteiger partial charge in [0.1, 0.15) is 11.5 Å². The molecular weight excluding hydrogens is 316 g/mol. The van der Waals surface area contributed by atoms with Crippen molar-refractivity contribution in [2.24, 2.45) is 0 Å². The minimum absolute atomic E-state index is 0.226. The van der Waals surface area contributed by atoms with Gasteiger partial charge in [0.2, 0.25) is 0 Å². The molecule has 0 aromatic heterocycles. The van der Waals surface area contributed by atoms with Crippen molar-refractivity contribution in [3.05, 3.63) is 71.8 Å². The fourth-order valence-corrected chi connectivity index (χ4v) is 2.90. The van der Waals surface area contributed by atoms with Crippen molar-refractivity contribution >= 4 is 16.7 Å². The molecule has 0 aliphatic heterocycles. The van der Waals surface area contributed by atoms with Gasteiger partial charge in [0.15, 0.2) is 6.10 Å².